The van der Waals surface area contributed by atoms with Gasteiger partial charge in [0, 0.05) is 43.1 Å². The second kappa shape index (κ2) is 6.67. The molecule has 1 aliphatic heterocycles. The van der Waals surface area contributed by atoms with Gasteiger partial charge in [-0.15, -0.1) is 11.3 Å². The van der Waals surface area contributed by atoms with Crippen LogP contribution in [-0.4, -0.2) is 36.1 Å². The van der Waals surface area contributed by atoms with Crippen LogP contribution in [0.4, 0.5) is 18.3 Å². The molecule has 3 nitrogen and oxygen atoms in total. The first-order chi connectivity index (χ1) is 10.9. The highest BCUT2D eigenvalue weighted by Crippen LogP contribution is 2.33. The monoisotopic (exact) mass is 361 g/mol. The van der Waals surface area contributed by atoms with Crippen LogP contribution >= 0.6 is 22.9 Å². The first kappa shape index (κ1) is 16.5. The predicted molar refractivity (Wildman–Crippen MR) is 86.1 cm³/mol. The van der Waals surface area contributed by atoms with Crippen molar-refractivity contribution in [3.05, 3.63) is 45.9 Å². The van der Waals surface area contributed by atoms with Crippen LogP contribution in [-0.2, 0) is 12.7 Å². The fraction of sp³-hybridized carbons (Fsp3) is 0.400. The molecule has 0 saturated carbocycles. The van der Waals surface area contributed by atoms with Gasteiger partial charge in [0.15, 0.2) is 10.8 Å². The summed E-state index contributed by atoms with van der Waals surface area (Å²) in [4.78, 5) is 7.86. The van der Waals surface area contributed by atoms with Crippen molar-refractivity contribution < 1.29 is 13.2 Å². The first-order valence-corrected chi connectivity index (χ1v) is 8.42. The van der Waals surface area contributed by atoms with Gasteiger partial charge in [-0.1, -0.05) is 29.8 Å². The van der Waals surface area contributed by atoms with Crippen molar-refractivity contribution in [1.82, 2.24) is 9.88 Å². The van der Waals surface area contributed by atoms with E-state index < -0.39 is 11.9 Å². The van der Waals surface area contributed by atoms with Crippen LogP contribution in [0.3, 0.4) is 0 Å². The molecule has 23 heavy (non-hydrogen) atoms. The molecule has 1 aromatic heterocycles. The number of nitrogens with zero attached hydrogens (tertiary/aromatic N) is 3. The summed E-state index contributed by atoms with van der Waals surface area (Å²) in [5.41, 5.74) is 0.257. The maximum atomic E-state index is 12.6. The lowest BCUT2D eigenvalue weighted by atomic mass is 10.2. The zero-order valence-electron chi connectivity index (χ0n) is 12.2. The summed E-state index contributed by atoms with van der Waals surface area (Å²) in [6.07, 6.45) is -4.37. The minimum atomic E-state index is -4.37. The maximum Gasteiger partial charge on any atom is 0.434 e. The highest BCUT2D eigenvalue weighted by atomic mass is 35.5. The summed E-state index contributed by atoms with van der Waals surface area (Å²) < 4.78 is 37.8. The second-order valence-electron chi connectivity index (χ2n) is 5.37. The molecule has 8 heteroatoms. The van der Waals surface area contributed by atoms with E-state index in [9.17, 15) is 13.2 Å². The van der Waals surface area contributed by atoms with Gasteiger partial charge in [0.1, 0.15) is 0 Å². The molecular formula is C15H15ClF3N3S. The van der Waals surface area contributed by atoms with Gasteiger partial charge in [-0.3, -0.25) is 4.90 Å². The van der Waals surface area contributed by atoms with Gasteiger partial charge in [-0.25, -0.2) is 4.98 Å². The fourth-order valence-electron chi connectivity index (χ4n) is 2.50. The van der Waals surface area contributed by atoms with Gasteiger partial charge in [-0.2, -0.15) is 13.2 Å². The molecule has 0 radical (unpaired) electrons. The molecule has 1 saturated heterocycles. The molecule has 0 atom stereocenters. The Morgan fingerprint density at radius 2 is 1.83 bits per heavy atom. The normalized spacial score (nSPS) is 16.8. The number of rotatable bonds is 3. The van der Waals surface area contributed by atoms with Gasteiger partial charge >= 0.3 is 6.18 Å². The highest BCUT2D eigenvalue weighted by molar-refractivity contribution is 7.13. The fourth-order valence-corrected chi connectivity index (χ4v) is 3.59. The summed E-state index contributed by atoms with van der Waals surface area (Å²) in [7, 11) is 0. The third-order valence-corrected chi connectivity index (χ3v) is 5.05. The smallest absolute Gasteiger partial charge is 0.346 e. The van der Waals surface area contributed by atoms with Crippen molar-refractivity contribution in [3.63, 3.8) is 0 Å². The van der Waals surface area contributed by atoms with E-state index in [0.29, 0.717) is 18.2 Å². The first-order valence-electron chi connectivity index (χ1n) is 7.17. The lowest BCUT2D eigenvalue weighted by molar-refractivity contribution is -0.140. The van der Waals surface area contributed by atoms with Crippen molar-refractivity contribution in [2.24, 2.45) is 0 Å². The minimum Gasteiger partial charge on any atom is -0.346 e. The van der Waals surface area contributed by atoms with Crippen LogP contribution in [0.2, 0.25) is 5.02 Å². The Kier molecular flexibility index (Phi) is 4.79. The number of benzene rings is 1. The molecule has 0 N–H and O–H groups in total. The third-order valence-electron chi connectivity index (χ3n) is 3.78. The Labute approximate surface area is 141 Å². The lowest BCUT2D eigenvalue weighted by Crippen LogP contribution is -2.46. The number of aromatic nitrogens is 1. The molecule has 0 spiro atoms. The topological polar surface area (TPSA) is 19.4 Å². The number of alkyl halides is 3. The van der Waals surface area contributed by atoms with Crippen LogP contribution in [0.15, 0.2) is 29.6 Å². The largest absolute Gasteiger partial charge is 0.434 e. The maximum absolute atomic E-state index is 12.6. The van der Waals surface area contributed by atoms with Gasteiger partial charge in [0.2, 0.25) is 0 Å². The molecule has 124 valence electrons. The van der Waals surface area contributed by atoms with E-state index in [1.54, 1.807) is 0 Å². The van der Waals surface area contributed by atoms with Crippen LogP contribution in [0.25, 0.3) is 0 Å². The van der Waals surface area contributed by atoms with Crippen LogP contribution in [0.5, 0.6) is 0 Å². The van der Waals surface area contributed by atoms with Crippen molar-refractivity contribution in [2.45, 2.75) is 12.7 Å². The molecule has 1 fully saturated rings. The molecule has 1 aliphatic rings. The summed E-state index contributed by atoms with van der Waals surface area (Å²) in [6.45, 7) is 3.61. The minimum absolute atomic E-state index is 0.440. The molecule has 0 aliphatic carbocycles. The standard InChI is InChI=1S/C15H15ClF3N3S/c16-12-4-2-1-3-11(12)9-21-5-7-22(8-6-21)14-20-13(10-23-14)15(17,18)19/h1-4,10H,5-9H2. The van der Waals surface area contributed by atoms with Gasteiger partial charge < -0.3 is 4.90 Å². The summed E-state index contributed by atoms with van der Waals surface area (Å²) >= 11 is 7.21. The van der Waals surface area contributed by atoms with Gasteiger partial charge in [0.25, 0.3) is 0 Å². The Balaban J connectivity index is 1.58. The Bertz CT molecular complexity index is 666. The highest BCUT2D eigenvalue weighted by Gasteiger charge is 2.34. The van der Waals surface area contributed by atoms with Crippen LogP contribution in [0, 0.1) is 0 Å². The van der Waals surface area contributed by atoms with Gasteiger partial charge in [0.05, 0.1) is 0 Å². The van der Waals surface area contributed by atoms with Crippen molar-refractivity contribution in [3.8, 4) is 0 Å². The summed E-state index contributed by atoms with van der Waals surface area (Å²) in [5.74, 6) is 0. The molecule has 0 unspecified atom stereocenters. The SMILES string of the molecule is FC(F)(F)c1csc(N2CCN(Cc3ccccc3Cl)CC2)n1. The summed E-state index contributed by atoms with van der Waals surface area (Å²) in [5, 5.41) is 2.25. The number of hydrogen-bond acceptors (Lipinski definition) is 4. The average Bonchev–Trinajstić information content (AvgIpc) is 3.00. The zero-order valence-corrected chi connectivity index (χ0v) is 13.8. The van der Waals surface area contributed by atoms with Crippen molar-refractivity contribution in [2.75, 3.05) is 31.1 Å². The van der Waals surface area contributed by atoms with Gasteiger partial charge in [-0.05, 0) is 11.6 Å². The number of halogens is 4. The quantitative estimate of drug-likeness (QED) is 0.819. The lowest BCUT2D eigenvalue weighted by Gasteiger charge is -2.34. The Hall–Kier alpha value is -1.31. The van der Waals surface area contributed by atoms with E-state index in [1.165, 1.54) is 0 Å². The number of anilines is 1. The Morgan fingerprint density at radius 3 is 2.43 bits per heavy atom. The predicted octanol–water partition coefficient (Wildman–Crippen LogP) is 4.14. The molecule has 3 rings (SSSR count). The summed E-state index contributed by atoms with van der Waals surface area (Å²) in [6, 6.07) is 7.70. The van der Waals surface area contributed by atoms with E-state index >= 15 is 0 Å². The Morgan fingerprint density at radius 1 is 1.13 bits per heavy atom. The number of piperazine rings is 1. The number of thiazole rings is 1. The van der Waals surface area contributed by atoms with Crippen molar-refractivity contribution >= 4 is 28.1 Å². The van der Waals surface area contributed by atoms with E-state index in [2.05, 4.69) is 9.88 Å². The molecule has 2 heterocycles. The number of hydrogen-bond donors (Lipinski definition) is 0. The van der Waals surface area contributed by atoms with E-state index in [1.807, 2.05) is 29.2 Å². The molecule has 0 amide bonds. The molecular weight excluding hydrogens is 347 g/mol. The van der Waals surface area contributed by atoms with Crippen molar-refractivity contribution in [1.29, 1.82) is 0 Å². The average molecular weight is 362 g/mol. The third kappa shape index (κ3) is 3.97. The second-order valence-corrected chi connectivity index (χ2v) is 6.61. The van der Waals surface area contributed by atoms with E-state index in [-0.39, 0.29) is 0 Å². The molecule has 1 aromatic carbocycles. The van der Waals surface area contributed by atoms with Crippen LogP contribution in [0.1, 0.15) is 11.3 Å². The van der Waals surface area contributed by atoms with Crippen LogP contribution < -0.4 is 4.90 Å². The zero-order chi connectivity index (χ0) is 16.4. The van der Waals surface area contributed by atoms with E-state index in [0.717, 1.165) is 46.9 Å². The molecule has 2 aromatic rings. The molecule has 0 bridgehead atoms. The van der Waals surface area contributed by atoms with E-state index in [4.69, 9.17) is 11.6 Å².